The van der Waals surface area contributed by atoms with Crippen molar-refractivity contribution in [2.24, 2.45) is 11.8 Å². The van der Waals surface area contributed by atoms with E-state index in [4.69, 9.17) is 0 Å². The van der Waals surface area contributed by atoms with Crippen molar-refractivity contribution in [2.45, 2.75) is 39.5 Å². The van der Waals surface area contributed by atoms with Gasteiger partial charge in [-0.2, -0.15) is 0 Å². The smallest absolute Gasteiger partial charge is 0.133 e. The largest absolute Gasteiger partial charge is 0.300 e. The highest BCUT2D eigenvalue weighted by Crippen LogP contribution is 2.25. The van der Waals surface area contributed by atoms with Gasteiger partial charge in [0.1, 0.15) is 5.78 Å². The quantitative estimate of drug-likeness (QED) is 0.472. The molecule has 0 aromatic heterocycles. The van der Waals surface area contributed by atoms with Gasteiger partial charge in [-0.15, -0.1) is 0 Å². The van der Waals surface area contributed by atoms with Crippen LogP contribution in [0.3, 0.4) is 0 Å². The van der Waals surface area contributed by atoms with Crippen molar-refractivity contribution in [3.8, 4) is 0 Å². The summed E-state index contributed by atoms with van der Waals surface area (Å²) in [5, 5.41) is 0. The first-order chi connectivity index (χ1) is 4.70. The fourth-order valence-corrected chi connectivity index (χ4v) is 1.57. The molecule has 1 aliphatic carbocycles. The molecule has 0 heterocycles. The Morgan fingerprint density at radius 3 is 2.70 bits per heavy atom. The number of ketones is 1. The van der Waals surface area contributed by atoms with Crippen molar-refractivity contribution in [1.82, 2.24) is 0 Å². The zero-order chi connectivity index (χ0) is 7.56. The van der Waals surface area contributed by atoms with Crippen LogP contribution < -0.4 is 0 Å². The van der Waals surface area contributed by atoms with Crippen molar-refractivity contribution < 1.29 is 4.79 Å². The van der Waals surface area contributed by atoms with Crippen LogP contribution in [0.15, 0.2) is 0 Å². The van der Waals surface area contributed by atoms with E-state index in [1.54, 1.807) is 0 Å². The van der Waals surface area contributed by atoms with Gasteiger partial charge in [-0.25, -0.2) is 0 Å². The van der Waals surface area contributed by atoms with Gasteiger partial charge in [0.05, 0.1) is 0 Å². The molecule has 0 aromatic rings. The molecule has 0 aromatic carbocycles. The highest BCUT2D eigenvalue weighted by atomic mass is 16.1. The first-order valence-electron chi connectivity index (χ1n) is 4.22. The van der Waals surface area contributed by atoms with Crippen molar-refractivity contribution in [3.63, 3.8) is 0 Å². The Bertz CT molecular complexity index is 129. The summed E-state index contributed by atoms with van der Waals surface area (Å²) in [6, 6.07) is 0. The van der Waals surface area contributed by atoms with Gasteiger partial charge in [-0.3, -0.25) is 4.79 Å². The van der Waals surface area contributed by atoms with Gasteiger partial charge in [0.2, 0.25) is 0 Å². The summed E-state index contributed by atoms with van der Waals surface area (Å²) in [6.07, 6.45) is 4.01. The van der Waals surface area contributed by atoms with Crippen LogP contribution in [-0.2, 0) is 4.79 Å². The van der Waals surface area contributed by atoms with Gasteiger partial charge in [0.15, 0.2) is 0 Å². The summed E-state index contributed by atoms with van der Waals surface area (Å²) in [5.41, 5.74) is 0. The molecule has 1 heteroatoms. The van der Waals surface area contributed by atoms with E-state index in [1.807, 2.05) is 0 Å². The number of hydrogen-bond acceptors (Lipinski definition) is 1. The summed E-state index contributed by atoms with van der Waals surface area (Å²) in [7, 11) is 0. The third-order valence-corrected chi connectivity index (χ3v) is 2.64. The van der Waals surface area contributed by atoms with E-state index < -0.39 is 0 Å². The van der Waals surface area contributed by atoms with E-state index >= 15 is 0 Å². The molecule has 1 rings (SSSR count). The monoisotopic (exact) mass is 140 g/mol. The lowest BCUT2D eigenvalue weighted by atomic mass is 9.91. The van der Waals surface area contributed by atoms with Gasteiger partial charge in [-0.1, -0.05) is 20.3 Å². The van der Waals surface area contributed by atoms with Gasteiger partial charge in [0, 0.05) is 12.8 Å². The molecule has 1 nitrogen and oxygen atoms in total. The predicted octanol–water partition coefficient (Wildman–Crippen LogP) is 2.40. The van der Waals surface area contributed by atoms with Crippen LogP contribution in [0, 0.1) is 11.8 Å². The molecular weight excluding hydrogens is 124 g/mol. The minimum atomic E-state index is 0.469. The molecule has 1 fully saturated rings. The van der Waals surface area contributed by atoms with Crippen molar-refractivity contribution in [1.29, 1.82) is 0 Å². The molecule has 0 radical (unpaired) electrons. The lowest BCUT2D eigenvalue weighted by Crippen LogP contribution is -2.07. The van der Waals surface area contributed by atoms with E-state index in [0.29, 0.717) is 11.7 Å². The molecule has 1 aliphatic rings. The summed E-state index contributed by atoms with van der Waals surface area (Å²) < 4.78 is 0. The van der Waals surface area contributed by atoms with E-state index in [2.05, 4.69) is 13.8 Å². The Balaban J connectivity index is 2.49. The number of hydrogen-bond donors (Lipinski definition) is 0. The number of Topliss-reactive ketones (excluding diaryl/α,β-unsaturated/α-hetero) is 1. The van der Waals surface area contributed by atoms with Crippen LogP contribution in [-0.4, -0.2) is 5.78 Å². The maximum atomic E-state index is 11.0. The van der Waals surface area contributed by atoms with E-state index in [-0.39, 0.29) is 0 Å². The first-order valence-corrected chi connectivity index (χ1v) is 4.22. The van der Waals surface area contributed by atoms with Gasteiger partial charge in [0.25, 0.3) is 0 Å². The lowest BCUT2D eigenvalue weighted by molar-refractivity contribution is -0.119. The highest BCUT2D eigenvalue weighted by Gasteiger charge is 2.19. The fourth-order valence-electron chi connectivity index (χ4n) is 1.57. The minimum Gasteiger partial charge on any atom is -0.300 e. The standard InChI is InChI=1S/C9H16O/c1-7-4-3-5-9(10)6-8(7)2/h7-8H,3-6H2,1-2H3/t7-,8+/m1/s1. The molecule has 0 spiro atoms. The highest BCUT2D eigenvalue weighted by molar-refractivity contribution is 5.78. The number of carbonyl (C=O) groups excluding carboxylic acids is 1. The summed E-state index contributed by atoms with van der Waals surface area (Å²) in [4.78, 5) is 11.0. The second-order valence-corrected chi connectivity index (χ2v) is 3.59. The fraction of sp³-hybridized carbons (Fsp3) is 0.889. The Morgan fingerprint density at radius 2 is 2.00 bits per heavy atom. The van der Waals surface area contributed by atoms with Gasteiger partial charge in [-0.05, 0) is 18.3 Å². The molecule has 2 atom stereocenters. The zero-order valence-corrected chi connectivity index (χ0v) is 6.89. The van der Waals surface area contributed by atoms with E-state index in [0.717, 1.165) is 25.2 Å². The maximum Gasteiger partial charge on any atom is 0.133 e. The third kappa shape index (κ3) is 1.83. The SMILES string of the molecule is C[C@@H]1CCCC(=O)C[C@@H]1C. The molecule has 58 valence electrons. The first kappa shape index (κ1) is 7.77. The number of carbonyl (C=O) groups is 1. The molecular formula is C9H16O. The molecule has 0 bridgehead atoms. The maximum absolute atomic E-state index is 11.0. The minimum absolute atomic E-state index is 0.469. The average Bonchev–Trinajstić information content (AvgIpc) is 1.96. The van der Waals surface area contributed by atoms with Crippen LogP contribution in [0.4, 0.5) is 0 Å². The summed E-state index contributed by atoms with van der Waals surface area (Å²) in [6.45, 7) is 4.44. The van der Waals surface area contributed by atoms with Crippen LogP contribution in [0.25, 0.3) is 0 Å². The summed E-state index contributed by atoms with van der Waals surface area (Å²) in [5.74, 6) is 1.85. The van der Waals surface area contributed by atoms with Crippen molar-refractivity contribution >= 4 is 5.78 Å². The normalized spacial score (nSPS) is 35.6. The number of rotatable bonds is 0. The van der Waals surface area contributed by atoms with Crippen LogP contribution in [0.1, 0.15) is 39.5 Å². The van der Waals surface area contributed by atoms with Crippen LogP contribution in [0.5, 0.6) is 0 Å². The third-order valence-electron chi connectivity index (χ3n) is 2.64. The van der Waals surface area contributed by atoms with Gasteiger partial charge < -0.3 is 0 Å². The Morgan fingerprint density at radius 1 is 1.30 bits per heavy atom. The average molecular weight is 140 g/mol. The Hall–Kier alpha value is -0.330. The predicted molar refractivity (Wildman–Crippen MR) is 41.8 cm³/mol. The van der Waals surface area contributed by atoms with E-state index in [9.17, 15) is 4.79 Å². The molecule has 10 heavy (non-hydrogen) atoms. The zero-order valence-electron chi connectivity index (χ0n) is 6.89. The van der Waals surface area contributed by atoms with Crippen LogP contribution in [0.2, 0.25) is 0 Å². The lowest BCUT2D eigenvalue weighted by Gasteiger charge is -2.13. The molecule has 0 aliphatic heterocycles. The second-order valence-electron chi connectivity index (χ2n) is 3.59. The van der Waals surface area contributed by atoms with Crippen LogP contribution >= 0.6 is 0 Å². The topological polar surface area (TPSA) is 17.1 Å². The molecule has 0 amide bonds. The van der Waals surface area contributed by atoms with Gasteiger partial charge >= 0.3 is 0 Å². The molecule has 1 saturated carbocycles. The van der Waals surface area contributed by atoms with Crippen molar-refractivity contribution in [2.75, 3.05) is 0 Å². The molecule has 0 N–H and O–H groups in total. The second kappa shape index (κ2) is 3.18. The molecule has 0 unspecified atom stereocenters. The van der Waals surface area contributed by atoms with Crippen molar-refractivity contribution in [3.05, 3.63) is 0 Å². The molecule has 0 saturated heterocycles. The van der Waals surface area contributed by atoms with E-state index in [1.165, 1.54) is 6.42 Å². The Kier molecular flexibility index (Phi) is 2.47. The Labute approximate surface area is 62.8 Å². The summed E-state index contributed by atoms with van der Waals surface area (Å²) >= 11 is 0.